The summed E-state index contributed by atoms with van der Waals surface area (Å²) in [4.78, 5) is 24.5. The maximum atomic E-state index is 12.4. The molecule has 0 unspecified atom stereocenters. The van der Waals surface area contributed by atoms with Gasteiger partial charge < -0.3 is 19.4 Å². The van der Waals surface area contributed by atoms with E-state index in [-0.39, 0.29) is 0 Å². The third-order valence-corrected chi connectivity index (χ3v) is 5.15. The van der Waals surface area contributed by atoms with Gasteiger partial charge >= 0.3 is 5.97 Å². The van der Waals surface area contributed by atoms with Gasteiger partial charge in [0.2, 0.25) is 0 Å². The van der Waals surface area contributed by atoms with Gasteiger partial charge in [-0.25, -0.2) is 4.79 Å². The lowest BCUT2D eigenvalue weighted by Crippen LogP contribution is -2.29. The van der Waals surface area contributed by atoms with Gasteiger partial charge in [-0.2, -0.15) is 0 Å². The fourth-order valence-electron chi connectivity index (χ4n) is 3.30. The van der Waals surface area contributed by atoms with Gasteiger partial charge in [-0.3, -0.25) is 4.79 Å². The molecule has 1 aromatic heterocycles. The van der Waals surface area contributed by atoms with Crippen molar-refractivity contribution in [3.8, 4) is 5.75 Å². The third kappa shape index (κ3) is 5.01. The minimum absolute atomic E-state index is 0.413. The lowest BCUT2D eigenvalue weighted by Gasteiger charge is -2.14. The van der Waals surface area contributed by atoms with Crippen molar-refractivity contribution in [3.05, 3.63) is 52.3 Å². The number of hydrogen-bond acceptors (Lipinski definition) is 4. The number of hydrogen-bond donors (Lipinski definition) is 1. The monoisotopic (exact) mass is 416 g/mol. The van der Waals surface area contributed by atoms with E-state index in [0.717, 1.165) is 11.3 Å². The molecule has 1 atom stereocenters. The molecule has 0 bridgehead atoms. The Bertz CT molecular complexity index is 960. The highest BCUT2D eigenvalue weighted by Gasteiger charge is 2.26. The van der Waals surface area contributed by atoms with E-state index in [0.29, 0.717) is 22.5 Å². The molecule has 1 N–H and O–H groups in total. The maximum absolute atomic E-state index is 12.4. The number of nitrogens with one attached hydrogen (secondary N) is 1. The lowest BCUT2D eigenvalue weighted by atomic mass is 10.2. The van der Waals surface area contributed by atoms with Gasteiger partial charge in [0.25, 0.3) is 5.91 Å². The van der Waals surface area contributed by atoms with Gasteiger partial charge in [-0.15, -0.1) is 0 Å². The molecule has 1 fully saturated rings. The molecule has 0 aliphatic heterocycles. The van der Waals surface area contributed by atoms with Crippen molar-refractivity contribution in [2.75, 3.05) is 12.4 Å². The molecule has 0 saturated heterocycles. The summed E-state index contributed by atoms with van der Waals surface area (Å²) in [5, 5.41) is 3.12. The number of halogens is 1. The van der Waals surface area contributed by atoms with Crippen LogP contribution < -0.4 is 10.1 Å². The van der Waals surface area contributed by atoms with E-state index in [1.807, 2.05) is 6.92 Å². The Balaban J connectivity index is 1.60. The highest BCUT2D eigenvalue weighted by Crippen LogP contribution is 2.38. The molecule has 1 heterocycles. The molecule has 1 aromatic carbocycles. The number of amides is 1. The van der Waals surface area contributed by atoms with Crippen LogP contribution in [0.5, 0.6) is 5.75 Å². The zero-order chi connectivity index (χ0) is 21.1. The first-order valence-electron chi connectivity index (χ1n) is 9.51. The molecule has 1 aliphatic rings. The van der Waals surface area contributed by atoms with Crippen molar-refractivity contribution < 1.29 is 19.1 Å². The summed E-state index contributed by atoms with van der Waals surface area (Å²) < 4.78 is 12.7. The molecule has 1 saturated carbocycles. The first-order valence-corrected chi connectivity index (χ1v) is 9.89. The van der Waals surface area contributed by atoms with Gasteiger partial charge in [0.1, 0.15) is 5.75 Å². The van der Waals surface area contributed by atoms with E-state index in [1.165, 1.54) is 38.6 Å². The normalized spacial score (nSPS) is 14.7. The summed E-state index contributed by atoms with van der Waals surface area (Å²) in [6.07, 6.45) is 4.50. The Labute approximate surface area is 175 Å². The van der Waals surface area contributed by atoms with Crippen molar-refractivity contribution in [1.29, 1.82) is 0 Å². The molecule has 6 nitrogen and oxygen atoms in total. The average Bonchev–Trinajstić information content (AvgIpc) is 3.45. The SMILES string of the molecule is COc1ccc(Cl)cc1NC(=O)[C@@H](C)OC(=O)/C=C/c1cc(C)n(C2CC2)c1C. The first kappa shape index (κ1) is 21.0. The number of nitrogens with zero attached hydrogens (tertiary/aromatic N) is 1. The fourth-order valence-corrected chi connectivity index (χ4v) is 3.48. The van der Waals surface area contributed by atoms with Crippen molar-refractivity contribution in [1.82, 2.24) is 4.57 Å². The van der Waals surface area contributed by atoms with E-state index >= 15 is 0 Å². The average molecular weight is 417 g/mol. The summed E-state index contributed by atoms with van der Waals surface area (Å²) in [7, 11) is 1.49. The minimum atomic E-state index is -0.977. The van der Waals surface area contributed by atoms with E-state index in [9.17, 15) is 9.59 Å². The number of carbonyl (C=O) groups is 2. The number of aryl methyl sites for hydroxylation is 1. The predicted octanol–water partition coefficient (Wildman–Crippen LogP) is 4.69. The standard InChI is InChI=1S/C22H25ClN2O4/c1-13-11-16(14(2)25(13)18-7-8-18)5-10-21(26)29-15(3)22(27)24-19-12-17(23)6-9-20(19)28-4/h5-6,9-12,15,18H,7-8H2,1-4H3,(H,24,27)/b10-5+/t15-/m1/s1. The summed E-state index contributed by atoms with van der Waals surface area (Å²) >= 11 is 5.97. The van der Waals surface area contributed by atoms with Crippen molar-refractivity contribution in [3.63, 3.8) is 0 Å². The Morgan fingerprint density at radius 3 is 2.66 bits per heavy atom. The van der Waals surface area contributed by atoms with E-state index in [1.54, 1.807) is 24.3 Å². The van der Waals surface area contributed by atoms with Crippen LogP contribution in [-0.2, 0) is 14.3 Å². The largest absolute Gasteiger partial charge is 0.495 e. The van der Waals surface area contributed by atoms with Crippen LogP contribution in [0.15, 0.2) is 30.3 Å². The zero-order valence-electron chi connectivity index (χ0n) is 17.0. The number of ether oxygens (including phenoxy) is 2. The smallest absolute Gasteiger partial charge is 0.331 e. The quantitative estimate of drug-likeness (QED) is 0.525. The summed E-state index contributed by atoms with van der Waals surface area (Å²) in [5.41, 5.74) is 3.71. The second-order valence-electron chi connectivity index (χ2n) is 7.17. The van der Waals surface area contributed by atoms with Crippen molar-refractivity contribution in [2.45, 2.75) is 45.8 Å². The highest BCUT2D eigenvalue weighted by molar-refractivity contribution is 6.31. The Hall–Kier alpha value is -2.73. The third-order valence-electron chi connectivity index (χ3n) is 4.92. The molecule has 7 heteroatoms. The number of methoxy groups -OCH3 is 1. The number of rotatable bonds is 7. The Kier molecular flexibility index (Phi) is 6.33. The molecule has 154 valence electrons. The van der Waals surface area contributed by atoms with Gasteiger partial charge in [0.15, 0.2) is 6.10 Å². The molecule has 2 aromatic rings. The number of carbonyl (C=O) groups excluding carboxylic acids is 2. The number of benzene rings is 1. The van der Waals surface area contributed by atoms with Crippen LogP contribution in [0.2, 0.25) is 5.02 Å². The van der Waals surface area contributed by atoms with Crippen molar-refractivity contribution in [2.24, 2.45) is 0 Å². The fraction of sp³-hybridized carbons (Fsp3) is 0.364. The number of esters is 1. The summed E-state index contributed by atoms with van der Waals surface area (Å²) in [5.74, 6) is -0.589. The molecular weight excluding hydrogens is 392 g/mol. The van der Waals surface area contributed by atoms with Crippen LogP contribution in [0, 0.1) is 13.8 Å². The molecule has 0 radical (unpaired) electrons. The summed E-state index contributed by atoms with van der Waals surface area (Å²) in [6.45, 7) is 5.62. The maximum Gasteiger partial charge on any atom is 0.331 e. The molecule has 29 heavy (non-hydrogen) atoms. The molecule has 3 rings (SSSR count). The van der Waals surface area contributed by atoms with E-state index < -0.39 is 18.0 Å². The number of anilines is 1. The van der Waals surface area contributed by atoms with Crippen LogP contribution >= 0.6 is 11.6 Å². The first-order chi connectivity index (χ1) is 13.8. The predicted molar refractivity (Wildman–Crippen MR) is 113 cm³/mol. The zero-order valence-corrected chi connectivity index (χ0v) is 17.7. The van der Waals surface area contributed by atoms with Gasteiger partial charge in [-0.1, -0.05) is 11.6 Å². The van der Waals surface area contributed by atoms with E-state index in [4.69, 9.17) is 21.1 Å². The molecule has 1 aliphatic carbocycles. The molecular formula is C22H25ClN2O4. The van der Waals surface area contributed by atoms with Crippen molar-refractivity contribution >= 4 is 35.2 Å². The van der Waals surface area contributed by atoms with Gasteiger partial charge in [0, 0.05) is 28.5 Å². The topological polar surface area (TPSA) is 69.6 Å². The van der Waals surface area contributed by atoms with Gasteiger partial charge in [0.05, 0.1) is 12.8 Å². The minimum Gasteiger partial charge on any atom is -0.495 e. The van der Waals surface area contributed by atoms with E-state index in [2.05, 4.69) is 22.9 Å². The highest BCUT2D eigenvalue weighted by atomic mass is 35.5. The number of aromatic nitrogens is 1. The summed E-state index contributed by atoms with van der Waals surface area (Å²) in [6, 6.07) is 7.51. The second-order valence-corrected chi connectivity index (χ2v) is 7.61. The van der Waals surface area contributed by atoms with Crippen LogP contribution in [0.4, 0.5) is 5.69 Å². The van der Waals surface area contributed by atoms with Crippen LogP contribution in [0.3, 0.4) is 0 Å². The molecule has 0 spiro atoms. The molecule has 1 amide bonds. The van der Waals surface area contributed by atoms with Gasteiger partial charge in [-0.05, 0) is 69.5 Å². The lowest BCUT2D eigenvalue weighted by molar-refractivity contribution is -0.148. The Morgan fingerprint density at radius 1 is 1.28 bits per heavy atom. The Morgan fingerprint density at radius 2 is 2.00 bits per heavy atom. The van der Waals surface area contributed by atoms with Crippen LogP contribution in [0.1, 0.15) is 42.8 Å². The second kappa shape index (κ2) is 8.74. The van der Waals surface area contributed by atoms with Crippen LogP contribution in [-0.4, -0.2) is 29.7 Å². The van der Waals surface area contributed by atoms with Crippen LogP contribution in [0.25, 0.3) is 6.08 Å².